The molecule has 1 N–H and O–H groups in total. The summed E-state index contributed by atoms with van der Waals surface area (Å²) in [4.78, 5) is 25.3. The average Bonchev–Trinajstić information content (AvgIpc) is 3.51. The van der Waals surface area contributed by atoms with Crippen LogP contribution in [0, 0.1) is 13.8 Å². The van der Waals surface area contributed by atoms with E-state index in [9.17, 15) is 9.59 Å². The van der Waals surface area contributed by atoms with Crippen molar-refractivity contribution in [3.05, 3.63) is 76.7 Å². The number of nitrogens with one attached hydrogen (secondary N) is 1. The molecule has 0 spiro atoms. The van der Waals surface area contributed by atoms with Crippen LogP contribution >= 0.6 is 0 Å². The van der Waals surface area contributed by atoms with Crippen LogP contribution in [0.2, 0.25) is 0 Å². The SMILES string of the molecule is Cc1cc(C(=O)COC(=O)c2n[nH]c3ccccc23)c(C)n1Cc1ccc2c(c1)OCO2. The molecule has 0 bridgehead atoms. The van der Waals surface area contributed by atoms with E-state index >= 15 is 0 Å². The molecule has 5 rings (SSSR count). The van der Waals surface area contributed by atoms with Gasteiger partial charge >= 0.3 is 5.97 Å². The normalized spacial score (nSPS) is 12.3. The highest BCUT2D eigenvalue weighted by atomic mass is 16.7. The zero-order chi connectivity index (χ0) is 22.2. The molecule has 162 valence electrons. The lowest BCUT2D eigenvalue weighted by atomic mass is 10.1. The van der Waals surface area contributed by atoms with Gasteiger partial charge < -0.3 is 18.8 Å². The minimum atomic E-state index is -0.634. The Kier molecular flexibility index (Phi) is 4.89. The second kappa shape index (κ2) is 7.88. The predicted octanol–water partition coefficient (Wildman–Crippen LogP) is 3.80. The van der Waals surface area contributed by atoms with Gasteiger partial charge in [0.2, 0.25) is 12.6 Å². The van der Waals surface area contributed by atoms with Gasteiger partial charge in [0.1, 0.15) is 0 Å². The number of hydrogen-bond acceptors (Lipinski definition) is 6. The maximum Gasteiger partial charge on any atom is 0.359 e. The van der Waals surface area contributed by atoms with Crippen LogP contribution in [0.3, 0.4) is 0 Å². The van der Waals surface area contributed by atoms with Crippen molar-refractivity contribution in [1.29, 1.82) is 0 Å². The number of hydrogen-bond donors (Lipinski definition) is 1. The van der Waals surface area contributed by atoms with Gasteiger partial charge in [-0.3, -0.25) is 9.89 Å². The first-order valence-electron chi connectivity index (χ1n) is 10.2. The standard InChI is InChI=1S/C24H21N3O5/c1-14-9-18(15(2)27(14)11-16-7-8-21-22(10-16)32-13-31-21)20(28)12-30-24(29)23-17-5-3-4-6-19(17)25-26-23/h3-10H,11-13H2,1-2H3,(H,25,26). The molecule has 3 heterocycles. The van der Waals surface area contributed by atoms with Crippen LogP contribution in [0.15, 0.2) is 48.5 Å². The Morgan fingerprint density at radius 2 is 1.91 bits per heavy atom. The van der Waals surface area contributed by atoms with Crippen LogP contribution in [0.5, 0.6) is 11.5 Å². The Morgan fingerprint density at radius 1 is 1.09 bits per heavy atom. The Hall–Kier alpha value is -4.07. The van der Waals surface area contributed by atoms with Crippen molar-refractivity contribution in [2.24, 2.45) is 0 Å². The van der Waals surface area contributed by atoms with Crippen LogP contribution in [-0.4, -0.2) is 39.9 Å². The smallest absolute Gasteiger partial charge is 0.359 e. The Morgan fingerprint density at radius 3 is 2.78 bits per heavy atom. The van der Waals surface area contributed by atoms with Crippen molar-refractivity contribution >= 4 is 22.7 Å². The van der Waals surface area contributed by atoms with Gasteiger partial charge in [0.15, 0.2) is 23.8 Å². The first-order chi connectivity index (χ1) is 15.5. The number of carbonyl (C=O) groups excluding carboxylic acids is 2. The molecule has 1 aliphatic heterocycles. The quantitative estimate of drug-likeness (QED) is 0.369. The number of ketones is 1. The third-order valence-electron chi connectivity index (χ3n) is 5.65. The minimum Gasteiger partial charge on any atom is -0.454 e. The number of Topliss-reactive ketones (excluding diaryl/α,β-unsaturated/α-hetero) is 1. The predicted molar refractivity (Wildman–Crippen MR) is 116 cm³/mol. The zero-order valence-electron chi connectivity index (χ0n) is 17.7. The molecule has 32 heavy (non-hydrogen) atoms. The van der Waals surface area contributed by atoms with E-state index in [2.05, 4.69) is 10.2 Å². The molecule has 0 aliphatic carbocycles. The van der Waals surface area contributed by atoms with Crippen molar-refractivity contribution in [3.63, 3.8) is 0 Å². The first kappa shape index (κ1) is 19.9. The highest BCUT2D eigenvalue weighted by molar-refractivity contribution is 6.04. The van der Waals surface area contributed by atoms with Gasteiger partial charge in [0, 0.05) is 28.9 Å². The average molecular weight is 431 g/mol. The Balaban J connectivity index is 1.29. The Bertz CT molecular complexity index is 1350. The molecule has 0 amide bonds. The monoisotopic (exact) mass is 431 g/mol. The molecule has 8 nitrogen and oxygen atoms in total. The number of aromatic nitrogens is 3. The van der Waals surface area contributed by atoms with Crippen molar-refractivity contribution in [2.45, 2.75) is 20.4 Å². The topological polar surface area (TPSA) is 95.4 Å². The minimum absolute atomic E-state index is 0.168. The summed E-state index contributed by atoms with van der Waals surface area (Å²) in [7, 11) is 0. The molecule has 0 saturated carbocycles. The van der Waals surface area contributed by atoms with Gasteiger partial charge in [-0.05, 0) is 43.7 Å². The summed E-state index contributed by atoms with van der Waals surface area (Å²) in [6, 6.07) is 14.9. The number of benzene rings is 2. The molecule has 0 fully saturated rings. The van der Waals surface area contributed by atoms with Crippen molar-refractivity contribution in [1.82, 2.24) is 14.8 Å². The maximum absolute atomic E-state index is 12.8. The number of rotatable bonds is 6. The number of nitrogens with zero attached hydrogens (tertiary/aromatic N) is 2. The first-order valence-corrected chi connectivity index (χ1v) is 10.2. The van der Waals surface area contributed by atoms with E-state index in [0.717, 1.165) is 34.0 Å². The molecular weight excluding hydrogens is 410 g/mol. The van der Waals surface area contributed by atoms with Crippen LogP contribution in [0.4, 0.5) is 0 Å². The van der Waals surface area contributed by atoms with Crippen LogP contribution in [0.25, 0.3) is 10.9 Å². The lowest BCUT2D eigenvalue weighted by Gasteiger charge is -2.11. The van der Waals surface area contributed by atoms with Gasteiger partial charge in [0.05, 0.1) is 5.52 Å². The zero-order valence-corrected chi connectivity index (χ0v) is 17.7. The molecule has 2 aromatic heterocycles. The summed E-state index contributed by atoms with van der Waals surface area (Å²) in [6.07, 6.45) is 0. The van der Waals surface area contributed by atoms with Gasteiger partial charge in [-0.1, -0.05) is 24.3 Å². The summed E-state index contributed by atoms with van der Waals surface area (Å²) < 4.78 is 18.1. The summed E-state index contributed by atoms with van der Waals surface area (Å²) >= 11 is 0. The highest BCUT2D eigenvalue weighted by Crippen LogP contribution is 2.33. The molecule has 2 aromatic carbocycles. The molecule has 0 unspecified atom stereocenters. The second-order valence-corrected chi connectivity index (χ2v) is 7.68. The molecule has 0 saturated heterocycles. The summed E-state index contributed by atoms with van der Waals surface area (Å²) in [5.74, 6) is 0.560. The van der Waals surface area contributed by atoms with E-state index in [1.807, 2.05) is 60.9 Å². The lowest BCUT2D eigenvalue weighted by molar-refractivity contribution is 0.0470. The summed E-state index contributed by atoms with van der Waals surface area (Å²) in [6.45, 7) is 4.29. The number of para-hydroxylation sites is 1. The summed E-state index contributed by atoms with van der Waals surface area (Å²) in [5.41, 5.74) is 4.22. The fourth-order valence-electron chi connectivity index (χ4n) is 3.94. The number of fused-ring (bicyclic) bond motifs is 2. The number of carbonyl (C=O) groups is 2. The second-order valence-electron chi connectivity index (χ2n) is 7.68. The number of aryl methyl sites for hydroxylation is 1. The molecular formula is C24H21N3O5. The maximum atomic E-state index is 12.8. The van der Waals surface area contributed by atoms with Crippen LogP contribution < -0.4 is 9.47 Å². The molecule has 0 atom stereocenters. The molecule has 8 heteroatoms. The van der Waals surface area contributed by atoms with Gasteiger partial charge in [0.25, 0.3) is 0 Å². The van der Waals surface area contributed by atoms with Crippen LogP contribution in [0.1, 0.15) is 37.8 Å². The molecule has 1 aliphatic rings. The van der Waals surface area contributed by atoms with Gasteiger partial charge in [-0.2, -0.15) is 5.10 Å². The third kappa shape index (κ3) is 3.49. The number of H-pyrrole nitrogens is 1. The van der Waals surface area contributed by atoms with Crippen molar-refractivity contribution in [3.8, 4) is 11.5 Å². The Labute approximate surface area is 183 Å². The van der Waals surface area contributed by atoms with E-state index in [1.165, 1.54) is 0 Å². The fourth-order valence-corrected chi connectivity index (χ4v) is 3.94. The molecule has 0 radical (unpaired) electrons. The highest BCUT2D eigenvalue weighted by Gasteiger charge is 2.21. The van der Waals surface area contributed by atoms with E-state index in [4.69, 9.17) is 14.2 Å². The van der Waals surface area contributed by atoms with E-state index in [1.54, 1.807) is 6.07 Å². The fraction of sp³-hybridized carbons (Fsp3) is 0.208. The summed E-state index contributed by atoms with van der Waals surface area (Å²) in [5, 5.41) is 7.47. The van der Waals surface area contributed by atoms with Crippen molar-refractivity contribution in [2.75, 3.05) is 13.4 Å². The third-order valence-corrected chi connectivity index (χ3v) is 5.65. The number of aromatic amines is 1. The van der Waals surface area contributed by atoms with Crippen molar-refractivity contribution < 1.29 is 23.8 Å². The lowest BCUT2D eigenvalue weighted by Crippen LogP contribution is -2.15. The van der Waals surface area contributed by atoms with E-state index in [0.29, 0.717) is 17.5 Å². The van der Waals surface area contributed by atoms with E-state index in [-0.39, 0.29) is 24.9 Å². The largest absolute Gasteiger partial charge is 0.454 e. The van der Waals surface area contributed by atoms with Crippen LogP contribution in [-0.2, 0) is 11.3 Å². The number of ether oxygens (including phenoxy) is 3. The molecule has 4 aromatic rings. The van der Waals surface area contributed by atoms with Gasteiger partial charge in [-0.15, -0.1) is 0 Å². The van der Waals surface area contributed by atoms with E-state index < -0.39 is 5.97 Å². The van der Waals surface area contributed by atoms with Gasteiger partial charge in [-0.25, -0.2) is 4.79 Å². The number of esters is 1.